The number of imidazole rings is 1. The van der Waals surface area contributed by atoms with Gasteiger partial charge in [-0.3, -0.25) is 9.59 Å². The molecular formula is C15H18N4O3S. The first-order chi connectivity index (χ1) is 11.0. The van der Waals surface area contributed by atoms with Crippen molar-refractivity contribution in [3.8, 4) is 0 Å². The van der Waals surface area contributed by atoms with Crippen molar-refractivity contribution in [3.05, 3.63) is 36.7 Å². The minimum absolute atomic E-state index is 0.0332. The van der Waals surface area contributed by atoms with Crippen LogP contribution in [0.25, 0.3) is 0 Å². The number of anilines is 1. The summed E-state index contributed by atoms with van der Waals surface area (Å²) >= 11 is 1.50. The van der Waals surface area contributed by atoms with Crippen LogP contribution in [0.1, 0.15) is 6.92 Å². The SMILES string of the molecule is C[C@H](O)CNC(=O)C(=O)Nc1ccc(Sc2nccn2C)cc1. The number of rotatable bonds is 5. The number of hydrogen-bond donors (Lipinski definition) is 3. The average Bonchev–Trinajstić information content (AvgIpc) is 2.92. The molecule has 122 valence electrons. The van der Waals surface area contributed by atoms with Crippen LogP contribution in [-0.4, -0.2) is 39.1 Å². The lowest BCUT2D eigenvalue weighted by Crippen LogP contribution is -2.38. The van der Waals surface area contributed by atoms with Crippen molar-refractivity contribution in [1.29, 1.82) is 0 Å². The van der Waals surface area contributed by atoms with Crippen LogP contribution >= 0.6 is 11.8 Å². The molecule has 0 saturated carbocycles. The smallest absolute Gasteiger partial charge is 0.313 e. The molecule has 0 fully saturated rings. The number of nitrogens with one attached hydrogen (secondary N) is 2. The van der Waals surface area contributed by atoms with Crippen molar-refractivity contribution < 1.29 is 14.7 Å². The molecule has 2 amide bonds. The van der Waals surface area contributed by atoms with E-state index in [0.717, 1.165) is 10.1 Å². The summed E-state index contributed by atoms with van der Waals surface area (Å²) in [5.74, 6) is -1.55. The standard InChI is InChI=1S/C15H18N4O3S/c1-10(20)9-17-13(21)14(22)18-11-3-5-12(6-4-11)23-15-16-7-8-19(15)2/h3-8,10,20H,9H2,1-2H3,(H,17,21)(H,18,22)/t10-/m0/s1. The summed E-state index contributed by atoms with van der Waals surface area (Å²) < 4.78 is 1.91. The third-order valence-electron chi connectivity index (χ3n) is 2.86. The van der Waals surface area contributed by atoms with Crippen molar-refractivity contribution in [2.45, 2.75) is 23.1 Å². The van der Waals surface area contributed by atoms with E-state index in [-0.39, 0.29) is 6.54 Å². The fourth-order valence-corrected chi connectivity index (χ4v) is 2.47. The number of aromatic nitrogens is 2. The summed E-state index contributed by atoms with van der Waals surface area (Å²) in [6.45, 7) is 1.56. The molecule has 2 rings (SSSR count). The second-order valence-electron chi connectivity index (χ2n) is 4.96. The van der Waals surface area contributed by atoms with Gasteiger partial charge in [0, 0.05) is 36.6 Å². The molecule has 0 aliphatic rings. The van der Waals surface area contributed by atoms with Gasteiger partial charge in [-0.25, -0.2) is 4.98 Å². The summed E-state index contributed by atoms with van der Waals surface area (Å²) in [6.07, 6.45) is 2.89. The Kier molecular flexibility index (Phi) is 5.78. The molecule has 8 heteroatoms. The third-order valence-corrected chi connectivity index (χ3v) is 3.95. The third kappa shape index (κ3) is 5.11. The highest BCUT2D eigenvalue weighted by atomic mass is 32.2. The zero-order valence-corrected chi connectivity index (χ0v) is 13.6. The fraction of sp³-hybridized carbons (Fsp3) is 0.267. The highest BCUT2D eigenvalue weighted by Crippen LogP contribution is 2.26. The summed E-state index contributed by atoms with van der Waals surface area (Å²) in [5, 5.41) is 14.8. The Balaban J connectivity index is 1.91. The minimum atomic E-state index is -0.780. The first-order valence-corrected chi connectivity index (χ1v) is 7.80. The predicted octanol–water partition coefficient (Wildman–Crippen LogP) is 1.01. The summed E-state index contributed by atoms with van der Waals surface area (Å²) in [7, 11) is 1.91. The van der Waals surface area contributed by atoms with Crippen LogP contribution in [0.5, 0.6) is 0 Å². The molecule has 0 radical (unpaired) electrons. The number of aryl methyl sites for hydroxylation is 1. The Hall–Kier alpha value is -2.32. The maximum atomic E-state index is 11.7. The van der Waals surface area contributed by atoms with E-state index in [4.69, 9.17) is 5.11 Å². The van der Waals surface area contributed by atoms with Gasteiger partial charge >= 0.3 is 11.8 Å². The topological polar surface area (TPSA) is 96.2 Å². The van der Waals surface area contributed by atoms with Gasteiger partial charge in [0.15, 0.2) is 5.16 Å². The molecule has 1 aromatic carbocycles. The quantitative estimate of drug-likeness (QED) is 0.709. The zero-order valence-electron chi connectivity index (χ0n) is 12.8. The molecule has 3 N–H and O–H groups in total. The Morgan fingerprint density at radius 2 is 2.00 bits per heavy atom. The Morgan fingerprint density at radius 1 is 1.30 bits per heavy atom. The van der Waals surface area contributed by atoms with E-state index in [9.17, 15) is 9.59 Å². The molecule has 0 saturated heterocycles. The second-order valence-corrected chi connectivity index (χ2v) is 6.00. The molecule has 7 nitrogen and oxygen atoms in total. The van der Waals surface area contributed by atoms with E-state index in [1.54, 1.807) is 18.3 Å². The van der Waals surface area contributed by atoms with Gasteiger partial charge in [-0.1, -0.05) is 11.8 Å². The maximum absolute atomic E-state index is 11.7. The molecule has 1 heterocycles. The number of carbonyl (C=O) groups excluding carboxylic acids is 2. The van der Waals surface area contributed by atoms with Gasteiger partial charge in [-0.05, 0) is 31.2 Å². The fourth-order valence-electron chi connectivity index (χ4n) is 1.67. The Bertz CT molecular complexity index is 682. The van der Waals surface area contributed by atoms with Crippen LogP contribution in [0.15, 0.2) is 46.7 Å². The zero-order chi connectivity index (χ0) is 16.8. The van der Waals surface area contributed by atoms with Gasteiger partial charge in [0.1, 0.15) is 0 Å². The van der Waals surface area contributed by atoms with E-state index >= 15 is 0 Å². The highest BCUT2D eigenvalue weighted by molar-refractivity contribution is 7.99. The number of benzene rings is 1. The van der Waals surface area contributed by atoms with Gasteiger partial charge < -0.3 is 20.3 Å². The molecule has 0 aliphatic heterocycles. The monoisotopic (exact) mass is 334 g/mol. The van der Waals surface area contributed by atoms with Gasteiger partial charge in [-0.2, -0.15) is 0 Å². The summed E-state index contributed by atoms with van der Waals surface area (Å²) in [5.41, 5.74) is 0.520. The number of nitrogens with zero attached hydrogens (tertiary/aromatic N) is 2. The number of aliphatic hydroxyl groups is 1. The van der Waals surface area contributed by atoms with Gasteiger partial charge in [-0.15, -0.1) is 0 Å². The number of aliphatic hydroxyl groups excluding tert-OH is 1. The molecule has 0 unspecified atom stereocenters. The second kappa shape index (κ2) is 7.80. The highest BCUT2D eigenvalue weighted by Gasteiger charge is 2.14. The van der Waals surface area contributed by atoms with Crippen LogP contribution < -0.4 is 10.6 Å². The van der Waals surface area contributed by atoms with E-state index in [0.29, 0.717) is 5.69 Å². The van der Waals surface area contributed by atoms with Crippen LogP contribution in [0.4, 0.5) is 5.69 Å². The molecule has 0 bridgehead atoms. The van der Waals surface area contributed by atoms with Crippen molar-refractivity contribution in [2.24, 2.45) is 7.05 Å². The van der Waals surface area contributed by atoms with Crippen molar-refractivity contribution in [3.63, 3.8) is 0 Å². The van der Waals surface area contributed by atoms with Crippen LogP contribution in [0.3, 0.4) is 0 Å². The van der Waals surface area contributed by atoms with E-state index in [1.807, 2.05) is 29.9 Å². The molecule has 1 aromatic heterocycles. The predicted molar refractivity (Wildman–Crippen MR) is 87.1 cm³/mol. The van der Waals surface area contributed by atoms with E-state index < -0.39 is 17.9 Å². The van der Waals surface area contributed by atoms with Gasteiger partial charge in [0.2, 0.25) is 0 Å². The minimum Gasteiger partial charge on any atom is -0.392 e. The van der Waals surface area contributed by atoms with E-state index in [2.05, 4.69) is 15.6 Å². The van der Waals surface area contributed by atoms with Crippen LogP contribution in [0.2, 0.25) is 0 Å². The molecular weight excluding hydrogens is 316 g/mol. The lowest BCUT2D eigenvalue weighted by molar-refractivity contribution is -0.136. The number of amides is 2. The maximum Gasteiger partial charge on any atom is 0.313 e. The first kappa shape index (κ1) is 17.0. The van der Waals surface area contributed by atoms with Crippen LogP contribution in [-0.2, 0) is 16.6 Å². The Morgan fingerprint density at radius 3 is 2.57 bits per heavy atom. The molecule has 23 heavy (non-hydrogen) atoms. The van der Waals surface area contributed by atoms with Crippen LogP contribution in [0, 0.1) is 0 Å². The molecule has 0 aliphatic carbocycles. The lowest BCUT2D eigenvalue weighted by atomic mass is 10.3. The lowest BCUT2D eigenvalue weighted by Gasteiger charge is -2.08. The van der Waals surface area contributed by atoms with Gasteiger partial charge in [0.25, 0.3) is 0 Å². The van der Waals surface area contributed by atoms with Crippen molar-refractivity contribution in [2.75, 3.05) is 11.9 Å². The van der Waals surface area contributed by atoms with E-state index in [1.165, 1.54) is 18.7 Å². The summed E-state index contributed by atoms with van der Waals surface area (Å²) in [4.78, 5) is 28.4. The average molecular weight is 334 g/mol. The largest absolute Gasteiger partial charge is 0.392 e. The number of carbonyl (C=O) groups is 2. The molecule has 1 atom stereocenters. The van der Waals surface area contributed by atoms with Crippen molar-refractivity contribution >= 4 is 29.3 Å². The van der Waals surface area contributed by atoms with Crippen molar-refractivity contribution in [1.82, 2.24) is 14.9 Å². The Labute approximate surface area is 138 Å². The number of hydrogen-bond acceptors (Lipinski definition) is 5. The molecule has 2 aromatic rings. The normalized spacial score (nSPS) is 11.8. The first-order valence-electron chi connectivity index (χ1n) is 6.98. The molecule has 0 spiro atoms. The van der Waals surface area contributed by atoms with Gasteiger partial charge in [0.05, 0.1) is 6.10 Å². The summed E-state index contributed by atoms with van der Waals surface area (Å²) in [6, 6.07) is 7.10.